The zero-order valence-electron chi connectivity index (χ0n) is 22.7. The van der Waals surface area contributed by atoms with Gasteiger partial charge in [0.25, 0.3) is 5.69 Å². The first kappa shape index (κ1) is 33.6. The number of unbranched alkanes of at least 4 members (excludes halogenated alkanes) is 1. The number of carbonyl (C=O) groups is 3. The third-order valence-electron chi connectivity index (χ3n) is 5.97. The van der Waals surface area contributed by atoms with E-state index < -0.39 is 74.7 Å². The van der Waals surface area contributed by atoms with Crippen LogP contribution in [0, 0.1) is 16.0 Å². The van der Waals surface area contributed by atoms with E-state index in [9.17, 15) is 32.9 Å². The lowest BCUT2D eigenvalue weighted by Gasteiger charge is -2.27. The highest BCUT2D eigenvalue weighted by Gasteiger charge is 2.35. The van der Waals surface area contributed by atoms with E-state index in [1.807, 2.05) is 0 Å². The number of hydrogen-bond donors (Lipinski definition) is 2. The zero-order valence-corrected chi connectivity index (χ0v) is 23.6. The van der Waals surface area contributed by atoms with Gasteiger partial charge in [-0.2, -0.15) is 4.31 Å². The average Bonchev–Trinajstić information content (AvgIpc) is 2.89. The number of amidine groups is 1. The number of sulfonamides is 1. The van der Waals surface area contributed by atoms with Gasteiger partial charge < -0.3 is 21.1 Å². The summed E-state index contributed by atoms with van der Waals surface area (Å²) in [4.78, 5) is 53.0. The van der Waals surface area contributed by atoms with Crippen LogP contribution in [0.3, 0.4) is 0 Å². The van der Waals surface area contributed by atoms with Crippen LogP contribution < -0.4 is 11.5 Å². The summed E-state index contributed by atoms with van der Waals surface area (Å²) in [6.45, 7) is 0.811. The minimum atomic E-state index is -4.42. The number of nitrogens with zero attached hydrogens (tertiary/aromatic N) is 4. The Morgan fingerprint density at radius 3 is 2.41 bits per heavy atom. The highest BCUT2D eigenvalue weighted by molar-refractivity contribution is 7.89. The molecule has 1 rings (SSSR count). The molecule has 0 spiro atoms. The fraction of sp³-hybridized carbons (Fsp3) is 0.583. The van der Waals surface area contributed by atoms with E-state index in [0.717, 1.165) is 28.4 Å². The average molecular weight is 571 g/mol. The number of ether oxygens (including phenoxy) is 1. The molecule has 0 fully saturated rings. The number of likely N-dealkylation sites (N-methyl/N-ethyl adjacent to an activating group) is 1. The largest absolute Gasteiger partial charge is 0.465 e. The quantitative estimate of drug-likeness (QED) is 0.0668. The number of amides is 1. The number of hydrogen-bond acceptors (Lipinski definition) is 10. The molecular formula is C24H38N6O8S. The first-order chi connectivity index (χ1) is 18.3. The van der Waals surface area contributed by atoms with Gasteiger partial charge in [-0.25, -0.2) is 8.42 Å². The number of rotatable bonds is 17. The summed E-state index contributed by atoms with van der Waals surface area (Å²) in [6.07, 6.45) is 1.70. The molecular weight excluding hydrogens is 532 g/mol. The topological polar surface area (TPSA) is 209 Å². The second kappa shape index (κ2) is 15.9. The summed E-state index contributed by atoms with van der Waals surface area (Å²) in [5, 5.41) is 11.4. The fourth-order valence-electron chi connectivity index (χ4n) is 3.76. The summed E-state index contributed by atoms with van der Waals surface area (Å²) >= 11 is 0. The van der Waals surface area contributed by atoms with Gasteiger partial charge in [0.2, 0.25) is 15.9 Å². The van der Waals surface area contributed by atoms with Crippen LogP contribution in [0.1, 0.15) is 39.0 Å². The van der Waals surface area contributed by atoms with Gasteiger partial charge in [0, 0.05) is 46.6 Å². The molecule has 1 aromatic carbocycles. The number of nitro groups is 1. The number of Topliss-reactive ketones (excluding diaryl/α,β-unsaturated/α-hetero) is 1. The molecule has 0 saturated heterocycles. The van der Waals surface area contributed by atoms with Crippen LogP contribution in [0.25, 0.3) is 0 Å². The molecule has 218 valence electrons. The van der Waals surface area contributed by atoms with E-state index in [2.05, 4.69) is 4.99 Å². The SMILES string of the molecule is CCOC(=O)CN(C)C(=O)[C@@H](CC(=O)[C@@H](N)CCCCC(N)=NC)CN(C)S(=O)(=O)c1ccccc1[N+](=O)[O-]. The Balaban J connectivity index is 3.14. The lowest BCUT2D eigenvalue weighted by atomic mass is 9.94. The molecule has 0 aliphatic rings. The molecule has 39 heavy (non-hydrogen) atoms. The molecule has 2 atom stereocenters. The summed E-state index contributed by atoms with van der Waals surface area (Å²) < 4.78 is 32.1. The Hall–Kier alpha value is -3.43. The molecule has 0 saturated carbocycles. The second-order valence-electron chi connectivity index (χ2n) is 8.94. The number of carbonyl (C=O) groups excluding carboxylic acids is 3. The van der Waals surface area contributed by atoms with Crippen molar-refractivity contribution in [2.24, 2.45) is 22.4 Å². The molecule has 0 radical (unpaired) electrons. The smallest absolute Gasteiger partial charge is 0.325 e. The molecule has 0 aliphatic carbocycles. The number of ketones is 1. The van der Waals surface area contributed by atoms with Crippen molar-refractivity contribution in [3.05, 3.63) is 34.4 Å². The molecule has 4 N–H and O–H groups in total. The van der Waals surface area contributed by atoms with E-state index >= 15 is 0 Å². The number of para-hydroxylation sites is 1. The van der Waals surface area contributed by atoms with Gasteiger partial charge in [-0.1, -0.05) is 18.6 Å². The Kier molecular flexibility index (Phi) is 13.7. The molecule has 0 aliphatic heterocycles. The highest BCUT2D eigenvalue weighted by Crippen LogP contribution is 2.27. The van der Waals surface area contributed by atoms with Gasteiger partial charge in [-0.3, -0.25) is 29.5 Å². The van der Waals surface area contributed by atoms with Crippen molar-refractivity contribution < 1.29 is 32.5 Å². The maximum atomic E-state index is 13.3. The molecule has 15 heteroatoms. The van der Waals surface area contributed by atoms with E-state index in [4.69, 9.17) is 16.2 Å². The number of aliphatic imine (C=N–C) groups is 1. The van der Waals surface area contributed by atoms with Crippen LogP contribution in [-0.4, -0.2) is 92.9 Å². The molecule has 0 aromatic heterocycles. The Bertz CT molecular complexity index is 1160. The van der Waals surface area contributed by atoms with E-state index in [0.29, 0.717) is 31.5 Å². The minimum Gasteiger partial charge on any atom is -0.465 e. The minimum absolute atomic E-state index is 0.101. The second-order valence-corrected chi connectivity index (χ2v) is 11.0. The predicted molar refractivity (Wildman–Crippen MR) is 144 cm³/mol. The van der Waals surface area contributed by atoms with Crippen LogP contribution in [0.4, 0.5) is 5.69 Å². The predicted octanol–water partition coefficient (Wildman–Crippen LogP) is 0.687. The number of nitro benzene ring substituents is 1. The van der Waals surface area contributed by atoms with E-state index in [-0.39, 0.29) is 6.61 Å². The number of benzene rings is 1. The highest BCUT2D eigenvalue weighted by atomic mass is 32.2. The van der Waals surface area contributed by atoms with E-state index in [1.165, 1.54) is 19.2 Å². The van der Waals surface area contributed by atoms with Gasteiger partial charge in [0.15, 0.2) is 4.90 Å². The van der Waals surface area contributed by atoms with Gasteiger partial charge in [0.05, 0.1) is 29.3 Å². The van der Waals surface area contributed by atoms with Crippen molar-refractivity contribution >= 4 is 39.2 Å². The van der Waals surface area contributed by atoms with Crippen LogP contribution in [-0.2, 0) is 29.1 Å². The lowest BCUT2D eigenvalue weighted by molar-refractivity contribution is -0.387. The summed E-state index contributed by atoms with van der Waals surface area (Å²) in [5.41, 5.74) is 11.1. The third kappa shape index (κ3) is 10.3. The Morgan fingerprint density at radius 2 is 1.82 bits per heavy atom. The first-order valence-corrected chi connectivity index (χ1v) is 13.8. The summed E-state index contributed by atoms with van der Waals surface area (Å²) in [7, 11) is -0.363. The van der Waals surface area contributed by atoms with Crippen LogP contribution in [0.5, 0.6) is 0 Å². The van der Waals surface area contributed by atoms with Gasteiger partial charge in [0.1, 0.15) is 12.3 Å². The molecule has 0 unspecified atom stereocenters. The van der Waals surface area contributed by atoms with Crippen molar-refractivity contribution in [3.8, 4) is 0 Å². The number of nitrogens with two attached hydrogens (primary N) is 2. The molecule has 1 aromatic rings. The monoisotopic (exact) mass is 570 g/mol. The summed E-state index contributed by atoms with van der Waals surface area (Å²) in [5.74, 6) is -2.56. The van der Waals surface area contributed by atoms with Gasteiger partial charge >= 0.3 is 5.97 Å². The van der Waals surface area contributed by atoms with Crippen LogP contribution in [0.15, 0.2) is 34.2 Å². The molecule has 1 amide bonds. The zero-order chi connectivity index (χ0) is 29.8. The van der Waals surface area contributed by atoms with Crippen molar-refractivity contribution in [2.75, 3.05) is 40.8 Å². The fourth-order valence-corrected chi connectivity index (χ4v) is 5.13. The molecule has 0 bridgehead atoms. The Labute approximate surface area is 228 Å². The van der Waals surface area contributed by atoms with Crippen molar-refractivity contribution in [1.82, 2.24) is 9.21 Å². The Morgan fingerprint density at radius 1 is 1.18 bits per heavy atom. The third-order valence-corrected chi connectivity index (χ3v) is 7.84. The lowest BCUT2D eigenvalue weighted by Crippen LogP contribution is -2.45. The standard InChI is InChI=1S/C24H38N6O8S/c1-5-38-23(32)16-28(3)24(33)17(14-20(31)18(25)10-6-9-13-22(26)27-2)15-29(4)39(36,37)21-12-8-7-11-19(21)30(34)35/h7-8,11-12,17-18H,5-6,9-10,13-16,25H2,1-4H3,(H2,26,27)/t17-,18-/m0/s1. The first-order valence-electron chi connectivity index (χ1n) is 12.4. The van der Waals surface area contributed by atoms with Crippen LogP contribution in [0.2, 0.25) is 0 Å². The maximum absolute atomic E-state index is 13.3. The van der Waals surface area contributed by atoms with Gasteiger partial charge in [-0.05, 0) is 25.8 Å². The van der Waals surface area contributed by atoms with Gasteiger partial charge in [-0.15, -0.1) is 0 Å². The maximum Gasteiger partial charge on any atom is 0.325 e. The van der Waals surface area contributed by atoms with Crippen molar-refractivity contribution in [2.45, 2.75) is 50.0 Å². The van der Waals surface area contributed by atoms with E-state index in [1.54, 1.807) is 14.0 Å². The van der Waals surface area contributed by atoms with Crippen molar-refractivity contribution in [3.63, 3.8) is 0 Å². The molecule has 0 heterocycles. The van der Waals surface area contributed by atoms with Crippen LogP contribution >= 0.6 is 0 Å². The van der Waals surface area contributed by atoms with Crippen molar-refractivity contribution in [1.29, 1.82) is 0 Å². The molecule has 14 nitrogen and oxygen atoms in total. The number of esters is 1. The summed E-state index contributed by atoms with van der Waals surface area (Å²) in [6, 6.07) is 3.90. The normalized spacial score (nSPS) is 13.5.